The summed E-state index contributed by atoms with van der Waals surface area (Å²) in [5.74, 6) is 1.45. The minimum absolute atomic E-state index is 0.616. The van der Waals surface area contributed by atoms with Crippen LogP contribution in [0.15, 0.2) is 48.5 Å². The second-order valence-electron chi connectivity index (χ2n) is 6.09. The molecule has 2 heterocycles. The van der Waals surface area contributed by atoms with Gasteiger partial charge in [0.15, 0.2) is 0 Å². The van der Waals surface area contributed by atoms with Crippen molar-refractivity contribution in [2.75, 3.05) is 5.73 Å². The SMILES string of the molecule is Cc1cccc(-c2nn(C)c(N)c2-c2nc3ccccc3n2C)c1. The van der Waals surface area contributed by atoms with Crippen molar-refractivity contribution >= 4 is 16.9 Å². The van der Waals surface area contributed by atoms with E-state index in [2.05, 4.69) is 40.9 Å². The Balaban J connectivity index is 2.02. The van der Waals surface area contributed by atoms with Crippen molar-refractivity contribution < 1.29 is 0 Å². The molecule has 0 bridgehead atoms. The van der Waals surface area contributed by atoms with E-state index in [1.165, 1.54) is 5.56 Å². The number of imidazole rings is 1. The van der Waals surface area contributed by atoms with Crippen molar-refractivity contribution in [3.63, 3.8) is 0 Å². The average molecular weight is 317 g/mol. The Morgan fingerprint density at radius 1 is 1.00 bits per heavy atom. The van der Waals surface area contributed by atoms with Gasteiger partial charge in [0.25, 0.3) is 0 Å². The van der Waals surface area contributed by atoms with E-state index in [1.54, 1.807) is 4.68 Å². The fraction of sp³-hybridized carbons (Fsp3) is 0.158. The quantitative estimate of drug-likeness (QED) is 0.615. The number of aryl methyl sites for hydroxylation is 3. The fourth-order valence-corrected chi connectivity index (χ4v) is 3.12. The number of para-hydroxylation sites is 2. The lowest BCUT2D eigenvalue weighted by atomic mass is 10.0. The zero-order valence-corrected chi connectivity index (χ0v) is 14.0. The first-order chi connectivity index (χ1) is 11.6. The topological polar surface area (TPSA) is 61.7 Å². The van der Waals surface area contributed by atoms with Crippen LogP contribution in [-0.4, -0.2) is 19.3 Å². The fourth-order valence-electron chi connectivity index (χ4n) is 3.12. The van der Waals surface area contributed by atoms with Gasteiger partial charge in [0, 0.05) is 19.7 Å². The molecule has 0 unspecified atom stereocenters. The van der Waals surface area contributed by atoms with Crippen molar-refractivity contribution in [1.82, 2.24) is 19.3 Å². The third-order valence-corrected chi connectivity index (χ3v) is 4.39. The molecule has 0 aliphatic carbocycles. The van der Waals surface area contributed by atoms with Crippen LogP contribution in [-0.2, 0) is 14.1 Å². The van der Waals surface area contributed by atoms with E-state index in [0.717, 1.165) is 33.7 Å². The molecule has 0 fully saturated rings. The van der Waals surface area contributed by atoms with Gasteiger partial charge in [-0.3, -0.25) is 4.68 Å². The molecule has 0 amide bonds. The normalized spacial score (nSPS) is 11.3. The van der Waals surface area contributed by atoms with E-state index in [4.69, 9.17) is 10.7 Å². The van der Waals surface area contributed by atoms with Gasteiger partial charge in [-0.1, -0.05) is 35.9 Å². The minimum Gasteiger partial charge on any atom is -0.383 e. The maximum absolute atomic E-state index is 6.35. The maximum Gasteiger partial charge on any atom is 0.146 e. The molecule has 2 aromatic heterocycles. The number of fused-ring (bicyclic) bond motifs is 1. The first-order valence-electron chi connectivity index (χ1n) is 7.87. The number of benzene rings is 2. The highest BCUT2D eigenvalue weighted by molar-refractivity contribution is 5.90. The number of hydrogen-bond acceptors (Lipinski definition) is 3. The molecule has 0 spiro atoms. The Morgan fingerprint density at radius 2 is 1.79 bits per heavy atom. The smallest absolute Gasteiger partial charge is 0.146 e. The van der Waals surface area contributed by atoms with Crippen LogP contribution >= 0.6 is 0 Å². The van der Waals surface area contributed by atoms with Gasteiger partial charge in [-0.2, -0.15) is 5.10 Å². The minimum atomic E-state index is 0.616. The lowest BCUT2D eigenvalue weighted by Crippen LogP contribution is -2.00. The van der Waals surface area contributed by atoms with Crippen molar-refractivity contribution in [3.8, 4) is 22.6 Å². The molecule has 0 aliphatic heterocycles. The van der Waals surface area contributed by atoms with Crippen molar-refractivity contribution in [1.29, 1.82) is 0 Å². The van der Waals surface area contributed by atoms with Crippen LogP contribution in [0.1, 0.15) is 5.56 Å². The van der Waals surface area contributed by atoms with Crippen LogP contribution in [0.2, 0.25) is 0 Å². The van der Waals surface area contributed by atoms with E-state index in [9.17, 15) is 0 Å². The maximum atomic E-state index is 6.35. The average Bonchev–Trinajstić information content (AvgIpc) is 3.06. The Kier molecular flexibility index (Phi) is 3.16. The standard InChI is InChI=1S/C19H19N5/c1-12-7-6-8-13(11-12)17-16(18(20)24(3)22-17)19-21-14-9-4-5-10-15(14)23(19)2/h4-11H,20H2,1-3H3. The Morgan fingerprint density at radius 3 is 2.54 bits per heavy atom. The number of anilines is 1. The van der Waals surface area contributed by atoms with Crippen LogP contribution < -0.4 is 5.73 Å². The number of nitrogens with zero attached hydrogens (tertiary/aromatic N) is 4. The Hall–Kier alpha value is -3.08. The van der Waals surface area contributed by atoms with E-state index in [-0.39, 0.29) is 0 Å². The van der Waals surface area contributed by atoms with Crippen LogP contribution in [0.25, 0.3) is 33.7 Å². The summed E-state index contributed by atoms with van der Waals surface area (Å²) in [5, 5.41) is 4.65. The second-order valence-corrected chi connectivity index (χ2v) is 6.09. The van der Waals surface area contributed by atoms with Gasteiger partial charge in [0.1, 0.15) is 17.3 Å². The molecule has 2 aromatic carbocycles. The van der Waals surface area contributed by atoms with Crippen LogP contribution in [0.5, 0.6) is 0 Å². The molecular weight excluding hydrogens is 298 g/mol. The summed E-state index contributed by atoms with van der Waals surface area (Å²) in [6.45, 7) is 2.07. The van der Waals surface area contributed by atoms with Gasteiger partial charge in [-0.25, -0.2) is 4.98 Å². The van der Waals surface area contributed by atoms with Crippen molar-refractivity contribution in [3.05, 3.63) is 54.1 Å². The summed E-state index contributed by atoms with van der Waals surface area (Å²) in [7, 11) is 3.87. The van der Waals surface area contributed by atoms with Crippen LogP contribution in [0.4, 0.5) is 5.82 Å². The molecule has 4 rings (SSSR count). The predicted octanol–water partition coefficient (Wildman–Crippen LogP) is 3.53. The number of hydrogen-bond donors (Lipinski definition) is 1. The first-order valence-corrected chi connectivity index (χ1v) is 7.87. The molecule has 120 valence electrons. The zero-order valence-electron chi connectivity index (χ0n) is 14.0. The molecule has 0 saturated heterocycles. The number of nitrogens with two attached hydrogens (primary N) is 1. The molecule has 2 N–H and O–H groups in total. The van der Waals surface area contributed by atoms with Crippen molar-refractivity contribution in [2.45, 2.75) is 6.92 Å². The van der Waals surface area contributed by atoms with Gasteiger partial charge in [-0.05, 0) is 25.1 Å². The third kappa shape index (κ3) is 2.09. The molecule has 4 aromatic rings. The van der Waals surface area contributed by atoms with Gasteiger partial charge < -0.3 is 10.3 Å². The summed E-state index contributed by atoms with van der Waals surface area (Å²) in [6, 6.07) is 16.4. The van der Waals surface area contributed by atoms with Gasteiger partial charge in [0.2, 0.25) is 0 Å². The van der Waals surface area contributed by atoms with Crippen molar-refractivity contribution in [2.24, 2.45) is 14.1 Å². The third-order valence-electron chi connectivity index (χ3n) is 4.39. The summed E-state index contributed by atoms with van der Waals surface area (Å²) >= 11 is 0. The molecule has 0 aliphatic rings. The first kappa shape index (κ1) is 14.5. The number of aromatic nitrogens is 4. The molecule has 0 saturated carbocycles. The summed E-state index contributed by atoms with van der Waals surface area (Å²) < 4.78 is 3.79. The number of nitrogen functional groups attached to an aromatic ring is 1. The summed E-state index contributed by atoms with van der Waals surface area (Å²) in [6.07, 6.45) is 0. The van der Waals surface area contributed by atoms with E-state index < -0.39 is 0 Å². The zero-order chi connectivity index (χ0) is 16.8. The van der Waals surface area contributed by atoms with Gasteiger partial charge >= 0.3 is 0 Å². The lowest BCUT2D eigenvalue weighted by molar-refractivity contribution is 0.782. The molecule has 0 radical (unpaired) electrons. The summed E-state index contributed by atoms with van der Waals surface area (Å²) in [5.41, 5.74) is 12.3. The summed E-state index contributed by atoms with van der Waals surface area (Å²) in [4.78, 5) is 4.79. The molecule has 0 atom stereocenters. The largest absolute Gasteiger partial charge is 0.383 e. The molecule has 24 heavy (non-hydrogen) atoms. The van der Waals surface area contributed by atoms with E-state index in [0.29, 0.717) is 5.82 Å². The molecule has 5 heteroatoms. The highest BCUT2D eigenvalue weighted by Crippen LogP contribution is 2.36. The predicted molar refractivity (Wildman–Crippen MR) is 97.5 cm³/mol. The Bertz CT molecular complexity index is 1050. The molecular formula is C19H19N5. The monoisotopic (exact) mass is 317 g/mol. The lowest BCUT2D eigenvalue weighted by Gasteiger charge is -2.05. The van der Waals surface area contributed by atoms with Gasteiger partial charge in [-0.15, -0.1) is 0 Å². The second kappa shape index (κ2) is 5.23. The number of rotatable bonds is 2. The Labute approximate surface area is 140 Å². The van der Waals surface area contributed by atoms with Crippen LogP contribution in [0, 0.1) is 6.92 Å². The van der Waals surface area contributed by atoms with Gasteiger partial charge in [0.05, 0.1) is 16.6 Å². The van der Waals surface area contributed by atoms with E-state index >= 15 is 0 Å². The highest BCUT2D eigenvalue weighted by Gasteiger charge is 2.22. The van der Waals surface area contributed by atoms with Crippen LogP contribution in [0.3, 0.4) is 0 Å². The molecule has 5 nitrogen and oxygen atoms in total. The van der Waals surface area contributed by atoms with E-state index in [1.807, 2.05) is 38.4 Å². The highest BCUT2D eigenvalue weighted by atomic mass is 15.3.